The average Bonchev–Trinajstić information content (AvgIpc) is 2.63. The molecule has 88 valence electrons. The minimum atomic E-state index is -0.869. The summed E-state index contributed by atoms with van der Waals surface area (Å²) in [4.78, 5) is 11.7. The van der Waals surface area contributed by atoms with Crippen LogP contribution in [-0.2, 0) is 11.2 Å². The first-order chi connectivity index (χ1) is 7.59. The van der Waals surface area contributed by atoms with Gasteiger partial charge in [-0.3, -0.25) is 0 Å². The van der Waals surface area contributed by atoms with Gasteiger partial charge in [0.1, 0.15) is 0 Å². The first-order valence-corrected chi connectivity index (χ1v) is 6.14. The molecule has 0 bridgehead atoms. The fourth-order valence-electron chi connectivity index (χ4n) is 1.11. The van der Waals surface area contributed by atoms with Gasteiger partial charge in [0.15, 0.2) is 0 Å². The van der Waals surface area contributed by atoms with E-state index in [1.54, 1.807) is 24.3 Å². The van der Waals surface area contributed by atoms with Gasteiger partial charge in [0.05, 0.1) is 4.34 Å². The van der Waals surface area contributed by atoms with Crippen LogP contribution in [-0.4, -0.2) is 24.2 Å². The average molecular weight is 260 g/mol. The van der Waals surface area contributed by atoms with Crippen LogP contribution in [0.3, 0.4) is 0 Å². The maximum absolute atomic E-state index is 10.5. The zero-order valence-corrected chi connectivity index (χ0v) is 10.6. The quantitative estimate of drug-likeness (QED) is 0.610. The maximum Gasteiger partial charge on any atom is 0.330 e. The topological polar surface area (TPSA) is 49.3 Å². The molecule has 0 aliphatic rings. The minimum absolute atomic E-state index is 0.367. The predicted molar refractivity (Wildman–Crippen MR) is 67.3 cm³/mol. The SMILES string of the molecule is C/C(=C/CNCCc1ccc(Cl)s1)C(=O)O. The van der Waals surface area contributed by atoms with Crippen LogP contribution >= 0.6 is 22.9 Å². The second kappa shape index (κ2) is 6.68. The summed E-state index contributed by atoms with van der Waals surface area (Å²) < 4.78 is 0.802. The standard InChI is InChI=1S/C11H14ClNO2S/c1-8(11(14)15)4-6-13-7-5-9-2-3-10(12)16-9/h2-4,13H,5-7H2,1H3,(H,14,15)/b8-4-. The first kappa shape index (κ1) is 13.2. The molecule has 5 heteroatoms. The Kier molecular flexibility index (Phi) is 5.52. The number of rotatable bonds is 6. The molecule has 0 aromatic carbocycles. The van der Waals surface area contributed by atoms with Crippen molar-refractivity contribution in [2.75, 3.05) is 13.1 Å². The second-order valence-electron chi connectivity index (χ2n) is 3.35. The molecule has 0 unspecified atom stereocenters. The van der Waals surface area contributed by atoms with Gasteiger partial charge >= 0.3 is 5.97 Å². The fraction of sp³-hybridized carbons (Fsp3) is 0.364. The normalized spacial score (nSPS) is 11.8. The number of carboxylic acid groups (broad SMARTS) is 1. The number of nitrogens with one attached hydrogen (secondary N) is 1. The molecule has 2 N–H and O–H groups in total. The Morgan fingerprint density at radius 1 is 1.62 bits per heavy atom. The molecule has 3 nitrogen and oxygen atoms in total. The third-order valence-corrected chi connectivity index (χ3v) is 3.36. The summed E-state index contributed by atoms with van der Waals surface area (Å²) in [6.45, 7) is 2.99. The molecule has 0 atom stereocenters. The third-order valence-electron chi connectivity index (χ3n) is 2.07. The molecule has 1 rings (SSSR count). The van der Waals surface area contributed by atoms with Gasteiger partial charge in [0.25, 0.3) is 0 Å². The molecule has 0 fully saturated rings. The minimum Gasteiger partial charge on any atom is -0.478 e. The van der Waals surface area contributed by atoms with Gasteiger partial charge in [-0.1, -0.05) is 17.7 Å². The lowest BCUT2D eigenvalue weighted by atomic mass is 10.3. The van der Waals surface area contributed by atoms with Crippen LogP contribution in [0.1, 0.15) is 11.8 Å². The number of carboxylic acids is 1. The molecule has 0 radical (unpaired) electrons. The Hall–Kier alpha value is -0.840. The van der Waals surface area contributed by atoms with Crippen LogP contribution in [0.15, 0.2) is 23.8 Å². The van der Waals surface area contributed by atoms with Crippen LogP contribution < -0.4 is 5.32 Å². The van der Waals surface area contributed by atoms with Crippen molar-refractivity contribution >= 4 is 28.9 Å². The van der Waals surface area contributed by atoms with E-state index in [1.807, 2.05) is 12.1 Å². The van der Waals surface area contributed by atoms with Gasteiger partial charge in [-0.2, -0.15) is 0 Å². The van der Waals surface area contributed by atoms with Crippen molar-refractivity contribution in [3.8, 4) is 0 Å². The lowest BCUT2D eigenvalue weighted by molar-refractivity contribution is -0.132. The number of halogens is 1. The van der Waals surface area contributed by atoms with Crippen molar-refractivity contribution in [3.05, 3.63) is 33.0 Å². The van der Waals surface area contributed by atoms with Gasteiger partial charge in [-0.15, -0.1) is 11.3 Å². The van der Waals surface area contributed by atoms with E-state index in [2.05, 4.69) is 5.32 Å². The van der Waals surface area contributed by atoms with Crippen LogP contribution in [0.25, 0.3) is 0 Å². The molecule has 0 aliphatic heterocycles. The number of carbonyl (C=O) groups is 1. The number of thiophene rings is 1. The number of aliphatic carboxylic acids is 1. The summed E-state index contributed by atoms with van der Waals surface area (Å²) in [5, 5.41) is 11.8. The van der Waals surface area contributed by atoms with Gasteiger partial charge < -0.3 is 10.4 Å². The second-order valence-corrected chi connectivity index (χ2v) is 5.15. The summed E-state index contributed by atoms with van der Waals surface area (Å²) in [5.41, 5.74) is 0.367. The number of hydrogen-bond donors (Lipinski definition) is 2. The Morgan fingerprint density at radius 3 is 2.94 bits per heavy atom. The lowest BCUT2D eigenvalue weighted by Gasteiger charge is -2.00. The smallest absolute Gasteiger partial charge is 0.330 e. The molecule has 0 amide bonds. The highest BCUT2D eigenvalue weighted by Gasteiger charge is 1.99. The van der Waals surface area contributed by atoms with Gasteiger partial charge in [0.2, 0.25) is 0 Å². The first-order valence-electron chi connectivity index (χ1n) is 4.94. The Balaban J connectivity index is 2.17. The summed E-state index contributed by atoms with van der Waals surface area (Å²) in [6, 6.07) is 3.89. The van der Waals surface area contributed by atoms with E-state index < -0.39 is 5.97 Å². The Bertz CT molecular complexity index is 387. The number of hydrogen-bond acceptors (Lipinski definition) is 3. The predicted octanol–water partition coefficient (Wildman–Crippen LogP) is 2.56. The molecule has 1 aromatic rings. The van der Waals surface area contributed by atoms with Crippen LogP contribution in [0.4, 0.5) is 0 Å². The molecule has 0 saturated carbocycles. The molecule has 1 aromatic heterocycles. The van der Waals surface area contributed by atoms with E-state index in [0.717, 1.165) is 17.3 Å². The van der Waals surface area contributed by atoms with Crippen molar-refractivity contribution in [2.24, 2.45) is 0 Å². The Morgan fingerprint density at radius 2 is 2.38 bits per heavy atom. The van der Waals surface area contributed by atoms with Crippen molar-refractivity contribution < 1.29 is 9.90 Å². The molecule has 1 heterocycles. The molecule has 0 aliphatic carbocycles. The third kappa shape index (κ3) is 4.79. The summed E-state index contributed by atoms with van der Waals surface area (Å²) in [5.74, 6) is -0.869. The van der Waals surface area contributed by atoms with E-state index in [9.17, 15) is 4.79 Å². The highest BCUT2D eigenvalue weighted by atomic mass is 35.5. The van der Waals surface area contributed by atoms with Gasteiger partial charge in [0, 0.05) is 23.5 Å². The molecule has 16 heavy (non-hydrogen) atoms. The lowest BCUT2D eigenvalue weighted by Crippen LogP contribution is -2.17. The zero-order chi connectivity index (χ0) is 12.0. The Labute approximate surface area is 104 Å². The van der Waals surface area contributed by atoms with E-state index in [0.29, 0.717) is 12.1 Å². The van der Waals surface area contributed by atoms with Crippen molar-refractivity contribution in [3.63, 3.8) is 0 Å². The molecular formula is C11H14ClNO2S. The van der Waals surface area contributed by atoms with Crippen LogP contribution in [0.2, 0.25) is 4.34 Å². The monoisotopic (exact) mass is 259 g/mol. The summed E-state index contributed by atoms with van der Waals surface area (Å²) >= 11 is 7.37. The fourth-order valence-corrected chi connectivity index (χ4v) is 2.20. The van der Waals surface area contributed by atoms with Crippen LogP contribution in [0.5, 0.6) is 0 Å². The largest absolute Gasteiger partial charge is 0.478 e. The van der Waals surface area contributed by atoms with E-state index >= 15 is 0 Å². The summed E-state index contributed by atoms with van der Waals surface area (Å²) in [7, 11) is 0. The molecule has 0 spiro atoms. The van der Waals surface area contributed by atoms with Crippen molar-refractivity contribution in [2.45, 2.75) is 13.3 Å². The maximum atomic E-state index is 10.5. The van der Waals surface area contributed by atoms with E-state index in [1.165, 1.54) is 4.88 Å². The van der Waals surface area contributed by atoms with Gasteiger partial charge in [-0.05, 0) is 25.5 Å². The van der Waals surface area contributed by atoms with Crippen molar-refractivity contribution in [1.29, 1.82) is 0 Å². The summed E-state index contributed by atoms with van der Waals surface area (Å²) in [6.07, 6.45) is 2.58. The van der Waals surface area contributed by atoms with Crippen LogP contribution in [0, 0.1) is 0 Å². The van der Waals surface area contributed by atoms with E-state index in [4.69, 9.17) is 16.7 Å². The van der Waals surface area contributed by atoms with E-state index in [-0.39, 0.29) is 0 Å². The highest BCUT2D eigenvalue weighted by molar-refractivity contribution is 7.16. The molecular weight excluding hydrogens is 246 g/mol. The zero-order valence-electron chi connectivity index (χ0n) is 9.00. The van der Waals surface area contributed by atoms with Gasteiger partial charge in [-0.25, -0.2) is 4.79 Å². The highest BCUT2D eigenvalue weighted by Crippen LogP contribution is 2.21. The molecule has 0 saturated heterocycles. The van der Waals surface area contributed by atoms with Crippen molar-refractivity contribution in [1.82, 2.24) is 5.32 Å².